The Labute approximate surface area is 124 Å². The molecular formula is C18H18N2O. The predicted octanol–water partition coefficient (Wildman–Crippen LogP) is 3.80. The van der Waals surface area contributed by atoms with E-state index in [0.717, 1.165) is 27.8 Å². The molecule has 0 aliphatic rings. The zero-order valence-corrected chi connectivity index (χ0v) is 12.2. The van der Waals surface area contributed by atoms with Crippen LogP contribution in [0, 0.1) is 6.92 Å². The van der Waals surface area contributed by atoms with Crippen molar-refractivity contribution in [3.05, 3.63) is 65.9 Å². The molecule has 0 amide bonds. The summed E-state index contributed by atoms with van der Waals surface area (Å²) in [5.41, 5.74) is 3.19. The first-order chi connectivity index (χ1) is 10.2. The molecule has 0 aliphatic heterocycles. The first-order valence-corrected chi connectivity index (χ1v) is 6.99. The quantitative estimate of drug-likeness (QED) is 0.791. The molecule has 3 nitrogen and oxygen atoms in total. The largest absolute Gasteiger partial charge is 0.392 e. The number of anilines is 2. The summed E-state index contributed by atoms with van der Waals surface area (Å²) in [4.78, 5) is 6.66. The van der Waals surface area contributed by atoms with Gasteiger partial charge >= 0.3 is 0 Å². The van der Waals surface area contributed by atoms with Gasteiger partial charge in [-0.2, -0.15) is 0 Å². The lowest BCUT2D eigenvalue weighted by molar-refractivity contribution is 0.283. The number of nitrogens with zero attached hydrogens (tertiary/aromatic N) is 2. The van der Waals surface area contributed by atoms with Crippen LogP contribution in [0.25, 0.3) is 10.8 Å². The molecule has 0 saturated heterocycles. The molecule has 1 N–H and O–H groups in total. The zero-order valence-electron chi connectivity index (χ0n) is 12.2. The van der Waals surface area contributed by atoms with Gasteiger partial charge in [-0.3, -0.25) is 0 Å². The van der Waals surface area contributed by atoms with Crippen LogP contribution in [0.4, 0.5) is 11.5 Å². The molecule has 0 saturated carbocycles. The first kappa shape index (κ1) is 13.6. The van der Waals surface area contributed by atoms with Crippen LogP contribution < -0.4 is 4.90 Å². The number of aryl methyl sites for hydroxylation is 1. The summed E-state index contributed by atoms with van der Waals surface area (Å²) in [6, 6.07) is 16.3. The van der Waals surface area contributed by atoms with Crippen LogP contribution in [0.1, 0.15) is 11.1 Å². The lowest BCUT2D eigenvalue weighted by Crippen LogP contribution is -2.13. The van der Waals surface area contributed by atoms with E-state index in [1.807, 2.05) is 43.4 Å². The lowest BCUT2D eigenvalue weighted by Gasteiger charge is -2.22. The fourth-order valence-electron chi connectivity index (χ4n) is 2.68. The lowest BCUT2D eigenvalue weighted by atomic mass is 10.1. The van der Waals surface area contributed by atoms with Crippen LogP contribution in [0.2, 0.25) is 0 Å². The SMILES string of the molecule is Cc1ccccc1N(C)c1ncc(CO)c2ccccc12. The third kappa shape index (κ3) is 2.36. The molecule has 1 aromatic heterocycles. The number of hydrogen-bond donors (Lipinski definition) is 1. The van der Waals surface area contributed by atoms with Gasteiger partial charge in [0.2, 0.25) is 0 Å². The molecule has 3 aromatic rings. The number of pyridine rings is 1. The predicted molar refractivity (Wildman–Crippen MR) is 86.9 cm³/mol. The maximum absolute atomic E-state index is 9.47. The Morgan fingerprint density at radius 1 is 1.00 bits per heavy atom. The number of aliphatic hydroxyl groups excluding tert-OH is 1. The zero-order chi connectivity index (χ0) is 14.8. The molecule has 0 atom stereocenters. The Balaban J connectivity index is 2.19. The number of rotatable bonds is 3. The van der Waals surface area contributed by atoms with Gasteiger partial charge in [0.05, 0.1) is 6.61 Å². The van der Waals surface area contributed by atoms with Crippen molar-refractivity contribution in [3.8, 4) is 0 Å². The van der Waals surface area contributed by atoms with Crippen LogP contribution >= 0.6 is 0 Å². The van der Waals surface area contributed by atoms with Crippen molar-refractivity contribution in [2.75, 3.05) is 11.9 Å². The van der Waals surface area contributed by atoms with Gasteiger partial charge in [0.15, 0.2) is 0 Å². The number of aliphatic hydroxyl groups is 1. The van der Waals surface area contributed by atoms with Gasteiger partial charge in [0, 0.05) is 29.9 Å². The highest BCUT2D eigenvalue weighted by Gasteiger charge is 2.13. The van der Waals surface area contributed by atoms with E-state index in [2.05, 4.69) is 28.9 Å². The van der Waals surface area contributed by atoms with Gasteiger partial charge in [0.25, 0.3) is 0 Å². The van der Waals surface area contributed by atoms with Crippen molar-refractivity contribution in [2.45, 2.75) is 13.5 Å². The molecule has 0 fully saturated rings. The molecule has 0 bridgehead atoms. The van der Waals surface area contributed by atoms with Gasteiger partial charge < -0.3 is 10.0 Å². The second-order valence-corrected chi connectivity index (χ2v) is 5.16. The highest BCUT2D eigenvalue weighted by molar-refractivity contribution is 5.95. The number of fused-ring (bicyclic) bond motifs is 1. The van der Waals surface area contributed by atoms with Gasteiger partial charge in [-0.25, -0.2) is 4.98 Å². The Morgan fingerprint density at radius 3 is 2.38 bits per heavy atom. The summed E-state index contributed by atoms with van der Waals surface area (Å²) >= 11 is 0. The second-order valence-electron chi connectivity index (χ2n) is 5.16. The topological polar surface area (TPSA) is 36.4 Å². The maximum atomic E-state index is 9.47. The van der Waals surface area contributed by atoms with Crippen molar-refractivity contribution >= 4 is 22.3 Å². The molecule has 106 valence electrons. The number of benzene rings is 2. The van der Waals surface area contributed by atoms with E-state index in [0.29, 0.717) is 0 Å². The Morgan fingerprint density at radius 2 is 1.67 bits per heavy atom. The minimum Gasteiger partial charge on any atom is -0.392 e. The molecule has 3 heteroatoms. The Kier molecular flexibility index (Phi) is 3.59. The van der Waals surface area contributed by atoms with Crippen molar-refractivity contribution < 1.29 is 5.11 Å². The summed E-state index contributed by atoms with van der Waals surface area (Å²) in [6.45, 7) is 2.10. The monoisotopic (exact) mass is 278 g/mol. The Hall–Kier alpha value is -2.39. The molecule has 21 heavy (non-hydrogen) atoms. The summed E-state index contributed by atoms with van der Waals surface area (Å²) in [7, 11) is 2.02. The summed E-state index contributed by atoms with van der Waals surface area (Å²) in [5.74, 6) is 0.900. The van der Waals surface area contributed by atoms with Crippen LogP contribution in [-0.4, -0.2) is 17.1 Å². The van der Waals surface area contributed by atoms with Crippen LogP contribution in [0.5, 0.6) is 0 Å². The molecule has 0 spiro atoms. The molecule has 0 unspecified atom stereocenters. The molecule has 3 rings (SSSR count). The van der Waals surface area contributed by atoms with E-state index in [4.69, 9.17) is 0 Å². The van der Waals surface area contributed by atoms with Gasteiger partial charge in [-0.1, -0.05) is 42.5 Å². The molecular weight excluding hydrogens is 260 g/mol. The normalized spacial score (nSPS) is 10.8. The van der Waals surface area contributed by atoms with E-state index in [-0.39, 0.29) is 6.61 Å². The average Bonchev–Trinajstić information content (AvgIpc) is 2.53. The minimum atomic E-state index is 0.00186. The van der Waals surface area contributed by atoms with Crippen LogP contribution in [-0.2, 0) is 6.61 Å². The highest BCUT2D eigenvalue weighted by Crippen LogP contribution is 2.32. The molecule has 0 aliphatic carbocycles. The maximum Gasteiger partial charge on any atom is 0.140 e. The van der Waals surface area contributed by atoms with Crippen molar-refractivity contribution in [1.82, 2.24) is 4.98 Å². The molecule has 0 radical (unpaired) electrons. The fraction of sp³-hybridized carbons (Fsp3) is 0.167. The summed E-state index contributed by atoms with van der Waals surface area (Å²) in [6.07, 6.45) is 1.76. The number of hydrogen-bond acceptors (Lipinski definition) is 3. The summed E-state index contributed by atoms with van der Waals surface area (Å²) in [5, 5.41) is 11.6. The van der Waals surface area contributed by atoms with Crippen molar-refractivity contribution in [1.29, 1.82) is 0 Å². The molecule has 2 aromatic carbocycles. The van der Waals surface area contributed by atoms with E-state index >= 15 is 0 Å². The molecule has 1 heterocycles. The third-order valence-electron chi connectivity index (χ3n) is 3.82. The second kappa shape index (κ2) is 5.54. The van der Waals surface area contributed by atoms with Gasteiger partial charge in [0.1, 0.15) is 5.82 Å². The first-order valence-electron chi connectivity index (χ1n) is 6.99. The highest BCUT2D eigenvalue weighted by atomic mass is 16.3. The fourth-order valence-corrected chi connectivity index (χ4v) is 2.68. The number of para-hydroxylation sites is 1. The van der Waals surface area contributed by atoms with E-state index in [1.165, 1.54) is 5.56 Å². The van der Waals surface area contributed by atoms with E-state index in [1.54, 1.807) is 6.20 Å². The van der Waals surface area contributed by atoms with Crippen LogP contribution in [0.3, 0.4) is 0 Å². The standard InChI is InChI=1S/C18H18N2O/c1-13-7-3-6-10-17(13)20(2)18-16-9-5-4-8-15(16)14(12-21)11-19-18/h3-11,21H,12H2,1-2H3. The van der Waals surface area contributed by atoms with Crippen molar-refractivity contribution in [2.24, 2.45) is 0 Å². The third-order valence-corrected chi connectivity index (χ3v) is 3.82. The summed E-state index contributed by atoms with van der Waals surface area (Å²) < 4.78 is 0. The van der Waals surface area contributed by atoms with Crippen LogP contribution in [0.15, 0.2) is 54.7 Å². The minimum absolute atomic E-state index is 0.00186. The van der Waals surface area contributed by atoms with Gasteiger partial charge in [-0.15, -0.1) is 0 Å². The number of aromatic nitrogens is 1. The van der Waals surface area contributed by atoms with E-state index < -0.39 is 0 Å². The smallest absolute Gasteiger partial charge is 0.140 e. The van der Waals surface area contributed by atoms with Gasteiger partial charge in [-0.05, 0) is 23.9 Å². The van der Waals surface area contributed by atoms with Crippen molar-refractivity contribution in [3.63, 3.8) is 0 Å². The Bertz CT molecular complexity index is 783. The van der Waals surface area contributed by atoms with E-state index in [9.17, 15) is 5.11 Å². The average molecular weight is 278 g/mol.